The molecule has 92 valence electrons. The van der Waals surface area contributed by atoms with Crippen LogP contribution in [0.15, 0.2) is 41.0 Å². The fourth-order valence-corrected chi connectivity index (χ4v) is 2.13. The minimum atomic E-state index is 0.296. The number of halogens is 2. The summed E-state index contributed by atoms with van der Waals surface area (Å²) in [4.78, 5) is 4.37. The van der Waals surface area contributed by atoms with Crippen LogP contribution in [-0.2, 0) is 0 Å². The number of pyridine rings is 1. The van der Waals surface area contributed by atoms with Crippen molar-refractivity contribution < 1.29 is 4.74 Å². The molecule has 0 bridgehead atoms. The van der Waals surface area contributed by atoms with Crippen LogP contribution in [0.25, 0.3) is 0 Å². The molecular formula is C12H8BrClN2OS. The first-order valence-corrected chi connectivity index (χ1v) is 6.53. The summed E-state index contributed by atoms with van der Waals surface area (Å²) in [5, 5.41) is 0.493. The van der Waals surface area contributed by atoms with E-state index >= 15 is 0 Å². The Hall–Kier alpha value is -1.17. The first-order chi connectivity index (χ1) is 8.56. The summed E-state index contributed by atoms with van der Waals surface area (Å²) >= 11 is 14.3. The summed E-state index contributed by atoms with van der Waals surface area (Å²) in [6, 6.07) is 8.72. The van der Waals surface area contributed by atoms with E-state index in [4.69, 9.17) is 34.3 Å². The first-order valence-electron chi connectivity index (χ1n) is 4.95. The second kappa shape index (κ2) is 5.65. The molecule has 6 heteroatoms. The normalized spacial score (nSPS) is 10.1. The molecule has 0 aliphatic carbocycles. The lowest BCUT2D eigenvalue weighted by Gasteiger charge is -2.07. The molecule has 0 spiro atoms. The van der Waals surface area contributed by atoms with Crippen molar-refractivity contribution in [3.63, 3.8) is 0 Å². The van der Waals surface area contributed by atoms with Crippen LogP contribution in [0.5, 0.6) is 11.6 Å². The quantitative estimate of drug-likeness (QED) is 0.858. The number of hydrogen-bond donors (Lipinski definition) is 1. The second-order valence-corrected chi connectivity index (χ2v) is 5.19. The average Bonchev–Trinajstić information content (AvgIpc) is 2.33. The Balaban J connectivity index is 2.28. The Kier molecular flexibility index (Phi) is 4.16. The van der Waals surface area contributed by atoms with Crippen molar-refractivity contribution in [2.75, 3.05) is 0 Å². The summed E-state index contributed by atoms with van der Waals surface area (Å²) in [6.07, 6.45) is 1.58. The number of hydrogen-bond acceptors (Lipinski definition) is 3. The molecule has 1 aromatic heterocycles. The van der Waals surface area contributed by atoms with E-state index in [-0.39, 0.29) is 0 Å². The summed E-state index contributed by atoms with van der Waals surface area (Å²) < 4.78 is 6.46. The molecule has 0 aliphatic rings. The fourth-order valence-electron chi connectivity index (χ4n) is 1.29. The summed E-state index contributed by atoms with van der Waals surface area (Å²) in [6.45, 7) is 0. The van der Waals surface area contributed by atoms with Gasteiger partial charge in [-0.3, -0.25) is 0 Å². The van der Waals surface area contributed by atoms with E-state index in [9.17, 15) is 0 Å². The van der Waals surface area contributed by atoms with Crippen molar-refractivity contribution >= 4 is 44.7 Å². The molecule has 0 saturated heterocycles. The average molecular weight is 344 g/mol. The molecule has 1 heterocycles. The van der Waals surface area contributed by atoms with Crippen LogP contribution >= 0.6 is 39.7 Å². The Labute approximate surface area is 123 Å². The lowest BCUT2D eigenvalue weighted by atomic mass is 10.3. The van der Waals surface area contributed by atoms with Crippen molar-refractivity contribution in [1.29, 1.82) is 0 Å². The largest absolute Gasteiger partial charge is 0.437 e. The highest BCUT2D eigenvalue weighted by Crippen LogP contribution is 2.31. The zero-order valence-corrected chi connectivity index (χ0v) is 12.2. The molecule has 18 heavy (non-hydrogen) atoms. The lowest BCUT2D eigenvalue weighted by molar-refractivity contribution is 0.463. The third kappa shape index (κ3) is 3.19. The SMILES string of the molecule is NC(=S)c1ccnc(Oc2ccc(Br)cc2Cl)c1. The molecule has 3 nitrogen and oxygen atoms in total. The highest BCUT2D eigenvalue weighted by atomic mass is 79.9. The van der Waals surface area contributed by atoms with Crippen molar-refractivity contribution in [2.24, 2.45) is 5.73 Å². The molecule has 0 aliphatic heterocycles. The van der Waals surface area contributed by atoms with E-state index in [1.807, 2.05) is 6.07 Å². The number of rotatable bonds is 3. The highest BCUT2D eigenvalue weighted by molar-refractivity contribution is 9.10. The smallest absolute Gasteiger partial charge is 0.219 e. The predicted octanol–water partition coefficient (Wildman–Crippen LogP) is 3.92. The van der Waals surface area contributed by atoms with Gasteiger partial charge in [-0.2, -0.15) is 0 Å². The Morgan fingerprint density at radius 2 is 2.11 bits per heavy atom. The number of nitrogens with two attached hydrogens (primary N) is 1. The van der Waals surface area contributed by atoms with Crippen LogP contribution in [0.1, 0.15) is 5.56 Å². The highest BCUT2D eigenvalue weighted by Gasteiger charge is 2.06. The van der Waals surface area contributed by atoms with E-state index in [0.29, 0.717) is 27.2 Å². The zero-order chi connectivity index (χ0) is 13.1. The molecule has 0 atom stereocenters. The number of benzene rings is 1. The minimum absolute atomic E-state index is 0.296. The second-order valence-electron chi connectivity index (χ2n) is 3.42. The molecule has 1 aromatic carbocycles. The van der Waals surface area contributed by atoms with Gasteiger partial charge in [0.25, 0.3) is 0 Å². The number of nitrogens with zero attached hydrogens (tertiary/aromatic N) is 1. The zero-order valence-electron chi connectivity index (χ0n) is 9.06. The third-order valence-corrected chi connectivity index (χ3v) is 3.15. The molecule has 2 aromatic rings. The van der Waals surface area contributed by atoms with Gasteiger partial charge in [0.1, 0.15) is 10.7 Å². The van der Waals surface area contributed by atoms with E-state index in [0.717, 1.165) is 4.47 Å². The van der Waals surface area contributed by atoms with Gasteiger partial charge in [-0.05, 0) is 24.3 Å². The van der Waals surface area contributed by atoms with E-state index in [1.165, 1.54) is 0 Å². The first kappa shape index (κ1) is 13.3. The van der Waals surface area contributed by atoms with Gasteiger partial charge in [0.05, 0.1) is 5.02 Å². The number of ether oxygens (including phenoxy) is 1. The molecule has 0 radical (unpaired) electrons. The molecule has 0 unspecified atom stereocenters. The Morgan fingerprint density at radius 3 is 2.78 bits per heavy atom. The molecule has 2 rings (SSSR count). The van der Waals surface area contributed by atoms with Gasteiger partial charge in [-0.15, -0.1) is 0 Å². The Morgan fingerprint density at radius 1 is 1.33 bits per heavy atom. The molecular weight excluding hydrogens is 336 g/mol. The van der Waals surface area contributed by atoms with E-state index in [1.54, 1.807) is 30.5 Å². The van der Waals surface area contributed by atoms with Gasteiger partial charge < -0.3 is 10.5 Å². The number of thiocarbonyl (C=S) groups is 1. The van der Waals surface area contributed by atoms with Gasteiger partial charge in [0.15, 0.2) is 0 Å². The topological polar surface area (TPSA) is 48.1 Å². The van der Waals surface area contributed by atoms with Gasteiger partial charge in [0.2, 0.25) is 5.88 Å². The standard InChI is InChI=1S/C12H8BrClN2OS/c13-8-1-2-10(9(14)6-8)17-11-5-7(12(15)18)3-4-16-11/h1-6H,(H2,15,18). The van der Waals surface area contributed by atoms with Gasteiger partial charge in [-0.25, -0.2) is 4.98 Å². The van der Waals surface area contributed by atoms with Crippen LogP contribution in [0.2, 0.25) is 5.02 Å². The van der Waals surface area contributed by atoms with Gasteiger partial charge in [-0.1, -0.05) is 39.7 Å². The fraction of sp³-hybridized carbons (Fsp3) is 0. The van der Waals surface area contributed by atoms with Crippen LogP contribution in [0.3, 0.4) is 0 Å². The van der Waals surface area contributed by atoms with Crippen LogP contribution in [-0.4, -0.2) is 9.97 Å². The molecule has 0 fully saturated rings. The van der Waals surface area contributed by atoms with Crippen LogP contribution < -0.4 is 10.5 Å². The van der Waals surface area contributed by atoms with E-state index < -0.39 is 0 Å². The van der Waals surface area contributed by atoms with Crippen molar-refractivity contribution in [3.05, 3.63) is 51.6 Å². The maximum Gasteiger partial charge on any atom is 0.219 e. The summed E-state index contributed by atoms with van der Waals surface area (Å²) in [5.74, 6) is 0.914. The van der Waals surface area contributed by atoms with Crippen LogP contribution in [0, 0.1) is 0 Å². The summed E-state index contributed by atoms with van der Waals surface area (Å²) in [5.41, 5.74) is 6.24. The maximum atomic E-state index is 6.05. The molecule has 0 amide bonds. The molecule has 0 saturated carbocycles. The molecule has 2 N–H and O–H groups in total. The Bertz CT molecular complexity index is 606. The lowest BCUT2D eigenvalue weighted by Crippen LogP contribution is -2.09. The van der Waals surface area contributed by atoms with E-state index in [2.05, 4.69) is 20.9 Å². The van der Waals surface area contributed by atoms with Crippen LogP contribution in [0.4, 0.5) is 0 Å². The predicted molar refractivity (Wildman–Crippen MR) is 79.4 cm³/mol. The van der Waals surface area contributed by atoms with Gasteiger partial charge in [0, 0.05) is 22.3 Å². The third-order valence-electron chi connectivity index (χ3n) is 2.13. The van der Waals surface area contributed by atoms with Crippen molar-refractivity contribution in [1.82, 2.24) is 4.98 Å². The van der Waals surface area contributed by atoms with Crippen molar-refractivity contribution in [2.45, 2.75) is 0 Å². The summed E-state index contributed by atoms with van der Waals surface area (Å²) in [7, 11) is 0. The minimum Gasteiger partial charge on any atom is -0.437 e. The number of aromatic nitrogens is 1. The maximum absolute atomic E-state index is 6.05. The van der Waals surface area contributed by atoms with Crippen molar-refractivity contribution in [3.8, 4) is 11.6 Å². The monoisotopic (exact) mass is 342 g/mol. The van der Waals surface area contributed by atoms with Gasteiger partial charge >= 0.3 is 0 Å².